The molecule has 8 nitrogen and oxygen atoms in total. The number of methoxy groups -OCH3 is 1. The van der Waals surface area contributed by atoms with Crippen LogP contribution in [0, 0.1) is 5.92 Å². The molecule has 0 unspecified atom stereocenters. The average Bonchev–Trinajstić information content (AvgIpc) is 3.46. The van der Waals surface area contributed by atoms with Gasteiger partial charge in [-0.3, -0.25) is 9.59 Å². The fraction of sp³-hybridized carbons (Fsp3) is 0.481. The monoisotopic (exact) mass is 480 g/mol. The molecule has 35 heavy (non-hydrogen) atoms. The predicted molar refractivity (Wildman–Crippen MR) is 128 cm³/mol. The van der Waals surface area contributed by atoms with Gasteiger partial charge in [-0.25, -0.2) is 0 Å². The number of benzene rings is 2. The molecular formula is C27H32N2O6. The highest BCUT2D eigenvalue weighted by Crippen LogP contribution is 2.51. The maximum atomic E-state index is 14.3. The summed E-state index contributed by atoms with van der Waals surface area (Å²) in [6.45, 7) is 1.55. The summed E-state index contributed by atoms with van der Waals surface area (Å²) in [5, 5.41) is 10.5. The molecular weight excluding hydrogens is 448 g/mol. The van der Waals surface area contributed by atoms with Crippen LogP contribution in [0.2, 0.25) is 0 Å². The molecule has 2 aromatic carbocycles. The molecule has 1 N–H and O–H groups in total. The second kappa shape index (κ2) is 9.87. The third-order valence-electron chi connectivity index (χ3n) is 7.52. The SMILES string of the molecule is COCCN1CCCC[C@]2(C[C@H](CO)[C@H](c3ccccc3)N2C(=O)c2ccc3c(c2)OCO3)C1=O. The van der Waals surface area contributed by atoms with Crippen molar-refractivity contribution in [3.8, 4) is 11.5 Å². The Balaban J connectivity index is 1.62. The van der Waals surface area contributed by atoms with Gasteiger partial charge in [-0.1, -0.05) is 30.3 Å². The molecule has 0 saturated carbocycles. The van der Waals surface area contributed by atoms with E-state index in [-0.39, 0.29) is 31.1 Å². The van der Waals surface area contributed by atoms with Crippen molar-refractivity contribution in [1.29, 1.82) is 0 Å². The van der Waals surface area contributed by atoms with Crippen molar-refractivity contribution < 1.29 is 28.9 Å². The number of nitrogens with zero attached hydrogens (tertiary/aromatic N) is 2. The van der Waals surface area contributed by atoms with Gasteiger partial charge in [0.1, 0.15) is 5.54 Å². The van der Waals surface area contributed by atoms with Crippen molar-refractivity contribution in [3.63, 3.8) is 0 Å². The minimum Gasteiger partial charge on any atom is -0.454 e. The largest absolute Gasteiger partial charge is 0.454 e. The van der Waals surface area contributed by atoms with Crippen molar-refractivity contribution in [2.75, 3.05) is 40.2 Å². The van der Waals surface area contributed by atoms with Crippen LogP contribution in [0.15, 0.2) is 48.5 Å². The molecule has 3 aliphatic rings. The number of aliphatic hydroxyl groups is 1. The van der Waals surface area contributed by atoms with Crippen molar-refractivity contribution in [2.24, 2.45) is 5.92 Å². The van der Waals surface area contributed by atoms with E-state index in [1.165, 1.54) is 0 Å². The molecule has 0 aromatic heterocycles. The highest BCUT2D eigenvalue weighted by Gasteiger charge is 2.59. The number of carbonyl (C=O) groups is 2. The zero-order chi connectivity index (χ0) is 24.4. The van der Waals surface area contributed by atoms with Gasteiger partial charge in [-0.15, -0.1) is 0 Å². The summed E-state index contributed by atoms with van der Waals surface area (Å²) in [5.41, 5.74) is 0.317. The van der Waals surface area contributed by atoms with Crippen LogP contribution in [0.5, 0.6) is 11.5 Å². The Hall–Kier alpha value is -3.10. The summed E-state index contributed by atoms with van der Waals surface area (Å²) in [6, 6.07) is 14.4. The van der Waals surface area contributed by atoms with Crippen LogP contribution in [-0.2, 0) is 9.53 Å². The van der Waals surface area contributed by atoms with E-state index in [0.29, 0.717) is 49.6 Å². The van der Waals surface area contributed by atoms with Crippen LogP contribution in [0.3, 0.4) is 0 Å². The summed E-state index contributed by atoms with van der Waals surface area (Å²) >= 11 is 0. The van der Waals surface area contributed by atoms with Gasteiger partial charge in [0.15, 0.2) is 11.5 Å². The molecule has 5 rings (SSSR count). The molecule has 2 fully saturated rings. The first-order valence-corrected chi connectivity index (χ1v) is 12.3. The third-order valence-corrected chi connectivity index (χ3v) is 7.52. The number of rotatable bonds is 6. The number of likely N-dealkylation sites (tertiary alicyclic amines) is 2. The Morgan fingerprint density at radius 1 is 1.14 bits per heavy atom. The summed E-state index contributed by atoms with van der Waals surface area (Å²) in [7, 11) is 1.62. The smallest absolute Gasteiger partial charge is 0.255 e. The van der Waals surface area contributed by atoms with Crippen LogP contribution in [-0.4, -0.2) is 72.5 Å². The van der Waals surface area contributed by atoms with E-state index in [9.17, 15) is 14.7 Å². The van der Waals surface area contributed by atoms with Gasteiger partial charge < -0.3 is 29.1 Å². The number of fused-ring (bicyclic) bond motifs is 1. The molecule has 0 radical (unpaired) electrons. The molecule has 3 atom stereocenters. The molecule has 2 saturated heterocycles. The summed E-state index contributed by atoms with van der Waals surface area (Å²) in [6.07, 6.45) is 2.66. The minimum atomic E-state index is -1.04. The number of hydrogen-bond acceptors (Lipinski definition) is 6. The lowest BCUT2D eigenvalue weighted by atomic mass is 9.85. The predicted octanol–water partition coefficient (Wildman–Crippen LogP) is 3.01. The fourth-order valence-corrected chi connectivity index (χ4v) is 5.90. The second-order valence-corrected chi connectivity index (χ2v) is 9.52. The Kier molecular flexibility index (Phi) is 6.67. The lowest BCUT2D eigenvalue weighted by molar-refractivity contribution is -0.142. The zero-order valence-corrected chi connectivity index (χ0v) is 20.0. The van der Waals surface area contributed by atoms with Crippen LogP contribution < -0.4 is 9.47 Å². The van der Waals surface area contributed by atoms with Gasteiger partial charge >= 0.3 is 0 Å². The molecule has 0 bridgehead atoms. The molecule has 3 aliphatic heterocycles. The Labute approximate surface area is 205 Å². The van der Waals surface area contributed by atoms with Gasteiger partial charge in [0.2, 0.25) is 12.7 Å². The van der Waals surface area contributed by atoms with Gasteiger partial charge in [-0.05, 0) is 49.4 Å². The van der Waals surface area contributed by atoms with Gasteiger partial charge in [0.05, 0.1) is 12.6 Å². The van der Waals surface area contributed by atoms with E-state index in [1.807, 2.05) is 35.2 Å². The molecule has 2 aromatic rings. The lowest BCUT2D eigenvalue weighted by Crippen LogP contribution is -2.58. The van der Waals surface area contributed by atoms with E-state index in [0.717, 1.165) is 18.4 Å². The maximum Gasteiger partial charge on any atom is 0.255 e. The van der Waals surface area contributed by atoms with E-state index >= 15 is 0 Å². The summed E-state index contributed by atoms with van der Waals surface area (Å²) in [4.78, 5) is 32.1. The molecule has 1 spiro atoms. The van der Waals surface area contributed by atoms with E-state index < -0.39 is 11.6 Å². The van der Waals surface area contributed by atoms with E-state index in [2.05, 4.69) is 0 Å². The number of carbonyl (C=O) groups excluding carboxylic acids is 2. The summed E-state index contributed by atoms with van der Waals surface area (Å²) < 4.78 is 16.2. The lowest BCUT2D eigenvalue weighted by Gasteiger charge is -2.41. The van der Waals surface area contributed by atoms with Crippen LogP contribution in [0.25, 0.3) is 0 Å². The normalized spacial score (nSPS) is 25.8. The minimum absolute atomic E-state index is 0.0574. The van der Waals surface area contributed by atoms with E-state index in [4.69, 9.17) is 14.2 Å². The third kappa shape index (κ3) is 4.15. The topological polar surface area (TPSA) is 88.5 Å². The van der Waals surface area contributed by atoms with Crippen LogP contribution in [0.4, 0.5) is 0 Å². The molecule has 0 aliphatic carbocycles. The van der Waals surface area contributed by atoms with Crippen LogP contribution in [0.1, 0.15) is 47.6 Å². The number of ether oxygens (including phenoxy) is 3. The first-order chi connectivity index (χ1) is 17.1. The molecule has 186 valence electrons. The summed E-state index contributed by atoms with van der Waals surface area (Å²) in [5.74, 6) is 0.560. The highest BCUT2D eigenvalue weighted by molar-refractivity contribution is 6.00. The first-order valence-electron chi connectivity index (χ1n) is 12.3. The average molecular weight is 481 g/mol. The molecule has 2 amide bonds. The zero-order valence-electron chi connectivity index (χ0n) is 20.0. The van der Waals surface area contributed by atoms with Gasteiger partial charge in [0.25, 0.3) is 5.91 Å². The Morgan fingerprint density at radius 2 is 1.94 bits per heavy atom. The number of amides is 2. The standard InChI is InChI=1S/C27H32N2O6/c1-33-14-13-28-12-6-5-11-27(26(28)32)16-21(17-30)24(19-7-3-2-4-8-19)29(27)25(31)20-9-10-22-23(15-20)35-18-34-22/h2-4,7-10,15,21,24,30H,5-6,11-14,16-18H2,1H3/t21-,24+,27+/m1/s1. The van der Waals surface area contributed by atoms with Crippen LogP contribution >= 0.6 is 0 Å². The quantitative estimate of drug-likeness (QED) is 0.684. The van der Waals surface area contributed by atoms with Crippen molar-refractivity contribution in [2.45, 2.75) is 37.3 Å². The van der Waals surface area contributed by atoms with Crippen molar-refractivity contribution in [3.05, 3.63) is 59.7 Å². The molecule has 8 heteroatoms. The van der Waals surface area contributed by atoms with Gasteiger partial charge in [-0.2, -0.15) is 0 Å². The first kappa shape index (κ1) is 23.6. The number of aliphatic hydroxyl groups excluding tert-OH is 1. The number of hydrogen-bond donors (Lipinski definition) is 1. The van der Waals surface area contributed by atoms with E-state index in [1.54, 1.807) is 30.2 Å². The second-order valence-electron chi connectivity index (χ2n) is 9.52. The maximum absolute atomic E-state index is 14.3. The van der Waals surface area contributed by atoms with Crippen molar-refractivity contribution in [1.82, 2.24) is 9.80 Å². The molecule has 3 heterocycles. The van der Waals surface area contributed by atoms with Gasteiger partial charge in [0, 0.05) is 38.3 Å². The highest BCUT2D eigenvalue weighted by atomic mass is 16.7. The Bertz CT molecular complexity index is 1080. The Morgan fingerprint density at radius 3 is 2.71 bits per heavy atom. The fourth-order valence-electron chi connectivity index (χ4n) is 5.90. The van der Waals surface area contributed by atoms with Crippen molar-refractivity contribution >= 4 is 11.8 Å².